The zero-order valence-corrected chi connectivity index (χ0v) is 12.0. The Kier molecular flexibility index (Phi) is 5.82. The second-order valence-electron chi connectivity index (χ2n) is 4.87. The Morgan fingerprint density at radius 1 is 1.27 bits per heavy atom. The van der Waals surface area contributed by atoms with Gasteiger partial charge in [0.25, 0.3) is 0 Å². The molecule has 0 aromatic heterocycles. The zero-order chi connectivity index (χ0) is 16.8. The van der Waals surface area contributed by atoms with Crippen molar-refractivity contribution in [2.24, 2.45) is 5.92 Å². The molecule has 0 amide bonds. The number of hydrogen-bond acceptors (Lipinski definition) is 4. The van der Waals surface area contributed by atoms with Crippen LogP contribution in [0.15, 0.2) is 30.0 Å². The van der Waals surface area contributed by atoms with Crippen molar-refractivity contribution in [2.45, 2.75) is 20.0 Å². The van der Waals surface area contributed by atoms with Crippen LogP contribution in [-0.2, 0) is 6.18 Å². The normalized spacial score (nSPS) is 10.5. The van der Waals surface area contributed by atoms with E-state index in [1.165, 1.54) is 6.07 Å². The van der Waals surface area contributed by atoms with Crippen LogP contribution < -0.4 is 10.1 Å². The lowest BCUT2D eigenvalue weighted by Crippen LogP contribution is -2.09. The Morgan fingerprint density at radius 2 is 1.91 bits per heavy atom. The third-order valence-electron chi connectivity index (χ3n) is 2.44. The summed E-state index contributed by atoms with van der Waals surface area (Å²) in [6, 6.07) is 6.38. The van der Waals surface area contributed by atoms with Gasteiger partial charge in [-0.1, -0.05) is 13.8 Å². The molecule has 0 radical (unpaired) electrons. The van der Waals surface area contributed by atoms with Crippen molar-refractivity contribution in [2.75, 3.05) is 11.9 Å². The lowest BCUT2D eigenvalue weighted by Gasteiger charge is -2.14. The fourth-order valence-electron chi connectivity index (χ4n) is 1.44. The van der Waals surface area contributed by atoms with Crippen LogP contribution in [-0.4, -0.2) is 6.61 Å². The third-order valence-corrected chi connectivity index (χ3v) is 2.44. The zero-order valence-electron chi connectivity index (χ0n) is 12.0. The minimum absolute atomic E-state index is 0.0647. The number of alkyl halides is 3. The summed E-state index contributed by atoms with van der Waals surface area (Å²) in [6.45, 7) is 4.03. The van der Waals surface area contributed by atoms with E-state index in [4.69, 9.17) is 15.3 Å². The van der Waals surface area contributed by atoms with Gasteiger partial charge in [-0.25, -0.2) is 0 Å². The molecule has 1 rings (SSSR count). The fraction of sp³-hybridized carbons (Fsp3) is 0.333. The quantitative estimate of drug-likeness (QED) is 0.832. The molecule has 0 bridgehead atoms. The molecular formula is C15H14F3N3O. The van der Waals surface area contributed by atoms with Gasteiger partial charge >= 0.3 is 6.18 Å². The molecule has 4 nitrogen and oxygen atoms in total. The van der Waals surface area contributed by atoms with E-state index in [9.17, 15) is 13.2 Å². The number of hydrogen-bond donors (Lipinski definition) is 1. The molecule has 0 spiro atoms. The molecular weight excluding hydrogens is 295 g/mol. The second kappa shape index (κ2) is 7.37. The molecule has 1 aromatic rings. The van der Waals surface area contributed by atoms with Gasteiger partial charge in [0.15, 0.2) is 0 Å². The number of nitrogens with one attached hydrogen (secondary N) is 1. The number of halogens is 3. The number of ether oxygens (including phenoxy) is 1. The van der Waals surface area contributed by atoms with Gasteiger partial charge in [-0.05, 0) is 18.1 Å². The summed E-state index contributed by atoms with van der Waals surface area (Å²) in [6.07, 6.45) is -3.48. The van der Waals surface area contributed by atoms with Crippen LogP contribution in [0.25, 0.3) is 0 Å². The number of nitrogens with zero attached hydrogens (tertiary/aromatic N) is 2. The molecule has 0 saturated heterocycles. The highest BCUT2D eigenvalue weighted by atomic mass is 19.4. The summed E-state index contributed by atoms with van der Waals surface area (Å²) < 4.78 is 43.9. The molecule has 7 heteroatoms. The van der Waals surface area contributed by atoms with Crippen LogP contribution >= 0.6 is 0 Å². The van der Waals surface area contributed by atoms with Gasteiger partial charge < -0.3 is 10.1 Å². The van der Waals surface area contributed by atoms with E-state index in [-0.39, 0.29) is 29.5 Å². The summed E-state index contributed by atoms with van der Waals surface area (Å²) >= 11 is 0. The fourth-order valence-corrected chi connectivity index (χ4v) is 1.44. The van der Waals surface area contributed by atoms with E-state index in [2.05, 4.69) is 5.32 Å². The molecule has 1 aromatic carbocycles. The number of nitriles is 2. The lowest BCUT2D eigenvalue weighted by molar-refractivity contribution is -0.137. The third kappa shape index (κ3) is 5.37. The Balaban J connectivity index is 3.11. The van der Waals surface area contributed by atoms with Crippen molar-refractivity contribution < 1.29 is 17.9 Å². The van der Waals surface area contributed by atoms with Gasteiger partial charge in [0.2, 0.25) is 0 Å². The lowest BCUT2D eigenvalue weighted by atomic mass is 10.1. The van der Waals surface area contributed by atoms with E-state index >= 15 is 0 Å². The summed E-state index contributed by atoms with van der Waals surface area (Å²) in [5.74, 6) is 0.226. The highest BCUT2D eigenvalue weighted by Crippen LogP contribution is 2.34. The minimum atomic E-state index is -4.52. The Morgan fingerprint density at radius 3 is 2.41 bits per heavy atom. The first kappa shape index (κ1) is 17.4. The summed E-state index contributed by atoms with van der Waals surface area (Å²) in [4.78, 5) is 0. The Labute approximate surface area is 126 Å². The van der Waals surface area contributed by atoms with Crippen molar-refractivity contribution in [3.05, 3.63) is 35.5 Å². The van der Waals surface area contributed by atoms with Crippen LogP contribution in [0.4, 0.5) is 18.9 Å². The van der Waals surface area contributed by atoms with Crippen molar-refractivity contribution in [1.82, 2.24) is 0 Å². The molecule has 0 aliphatic rings. The Bertz CT molecular complexity index is 621. The highest BCUT2D eigenvalue weighted by molar-refractivity contribution is 5.55. The van der Waals surface area contributed by atoms with Gasteiger partial charge in [0.1, 0.15) is 23.5 Å². The maximum absolute atomic E-state index is 12.9. The molecule has 0 aliphatic heterocycles. The van der Waals surface area contributed by atoms with Gasteiger partial charge in [0, 0.05) is 18.0 Å². The van der Waals surface area contributed by atoms with Crippen molar-refractivity contribution in [3.63, 3.8) is 0 Å². The van der Waals surface area contributed by atoms with E-state index in [0.717, 1.165) is 18.3 Å². The molecule has 0 saturated carbocycles. The SMILES string of the molecule is CC(C)COc1cc(NC=C(C#N)C#N)cc(C(F)(F)F)c1. The van der Waals surface area contributed by atoms with Crippen LogP contribution in [0.2, 0.25) is 0 Å². The molecule has 1 N–H and O–H groups in total. The Hall–Kier alpha value is -2.67. The molecule has 116 valence electrons. The van der Waals surface area contributed by atoms with Crippen molar-refractivity contribution in [3.8, 4) is 17.9 Å². The largest absolute Gasteiger partial charge is 0.493 e. The first-order valence-electron chi connectivity index (χ1n) is 6.38. The maximum atomic E-state index is 12.9. The topological polar surface area (TPSA) is 68.8 Å². The molecule has 0 aliphatic carbocycles. The van der Waals surface area contributed by atoms with E-state index < -0.39 is 11.7 Å². The monoisotopic (exact) mass is 309 g/mol. The number of anilines is 1. The van der Waals surface area contributed by atoms with Crippen molar-refractivity contribution in [1.29, 1.82) is 10.5 Å². The highest BCUT2D eigenvalue weighted by Gasteiger charge is 2.31. The van der Waals surface area contributed by atoms with Gasteiger partial charge in [-0.2, -0.15) is 23.7 Å². The standard InChI is InChI=1S/C15H14F3N3O/c1-10(2)9-22-14-4-12(15(16,17)18)3-13(5-14)21-8-11(6-19)7-20/h3-5,8,10,21H,9H2,1-2H3. The number of benzene rings is 1. The van der Waals surface area contributed by atoms with E-state index in [0.29, 0.717) is 0 Å². The predicted molar refractivity (Wildman–Crippen MR) is 74.7 cm³/mol. The average molecular weight is 309 g/mol. The predicted octanol–water partition coefficient (Wildman–Crippen LogP) is 4.08. The smallest absolute Gasteiger partial charge is 0.416 e. The number of rotatable bonds is 5. The summed E-state index contributed by atoms with van der Waals surface area (Å²) in [5.41, 5.74) is -1.04. The van der Waals surface area contributed by atoms with E-state index in [1.807, 2.05) is 13.8 Å². The maximum Gasteiger partial charge on any atom is 0.416 e. The molecule has 0 atom stereocenters. The van der Waals surface area contributed by atoms with Gasteiger partial charge in [-0.15, -0.1) is 0 Å². The van der Waals surface area contributed by atoms with Gasteiger partial charge in [-0.3, -0.25) is 0 Å². The first-order chi connectivity index (χ1) is 10.3. The van der Waals surface area contributed by atoms with Crippen LogP contribution in [0, 0.1) is 28.6 Å². The first-order valence-corrected chi connectivity index (χ1v) is 6.38. The molecule has 22 heavy (non-hydrogen) atoms. The molecule has 0 fully saturated rings. The van der Waals surface area contributed by atoms with Crippen LogP contribution in [0.1, 0.15) is 19.4 Å². The van der Waals surface area contributed by atoms with Crippen molar-refractivity contribution >= 4 is 5.69 Å². The van der Waals surface area contributed by atoms with E-state index in [1.54, 1.807) is 12.1 Å². The van der Waals surface area contributed by atoms with Gasteiger partial charge in [0.05, 0.1) is 12.2 Å². The second-order valence-corrected chi connectivity index (χ2v) is 4.87. The molecule has 0 heterocycles. The summed E-state index contributed by atoms with van der Waals surface area (Å²) in [5, 5.41) is 19.7. The molecule has 0 unspecified atom stereocenters. The van der Waals surface area contributed by atoms with Crippen LogP contribution in [0.5, 0.6) is 5.75 Å². The number of allylic oxidation sites excluding steroid dienone is 1. The average Bonchev–Trinajstić information content (AvgIpc) is 2.45. The minimum Gasteiger partial charge on any atom is -0.493 e. The van der Waals surface area contributed by atoms with Crippen LogP contribution in [0.3, 0.4) is 0 Å². The summed E-state index contributed by atoms with van der Waals surface area (Å²) in [7, 11) is 0.